The highest BCUT2D eigenvalue weighted by atomic mass is 16.5. The lowest BCUT2D eigenvalue weighted by molar-refractivity contribution is -0.120. The monoisotopic (exact) mass is 275 g/mol. The van der Waals surface area contributed by atoms with Gasteiger partial charge < -0.3 is 14.8 Å². The van der Waals surface area contributed by atoms with E-state index in [1.807, 2.05) is 6.07 Å². The Hall–Kier alpha value is -1.39. The van der Waals surface area contributed by atoms with Crippen molar-refractivity contribution in [1.82, 2.24) is 5.32 Å². The number of carbonyl (C=O) groups is 1. The zero-order valence-electron chi connectivity index (χ0n) is 11.7. The van der Waals surface area contributed by atoms with Crippen molar-refractivity contribution >= 4 is 5.78 Å². The number of rotatable bonds is 5. The second kappa shape index (κ2) is 6.37. The molecule has 4 nitrogen and oxygen atoms in total. The molecule has 0 aliphatic carbocycles. The Morgan fingerprint density at radius 2 is 2.30 bits per heavy atom. The van der Waals surface area contributed by atoms with E-state index in [1.54, 1.807) is 0 Å². The molecule has 1 aromatic rings. The minimum absolute atomic E-state index is 0.199. The lowest BCUT2D eigenvalue weighted by Crippen LogP contribution is -2.42. The summed E-state index contributed by atoms with van der Waals surface area (Å²) >= 11 is 0. The van der Waals surface area contributed by atoms with Crippen LogP contribution in [0.2, 0.25) is 0 Å². The van der Waals surface area contributed by atoms with Crippen molar-refractivity contribution in [3.05, 3.63) is 29.3 Å². The number of benzene rings is 1. The van der Waals surface area contributed by atoms with Gasteiger partial charge in [-0.1, -0.05) is 12.1 Å². The molecule has 1 atom stereocenters. The van der Waals surface area contributed by atoms with Crippen LogP contribution in [0.3, 0.4) is 0 Å². The molecule has 1 saturated heterocycles. The Labute approximate surface area is 119 Å². The predicted octanol–water partition coefficient (Wildman–Crippen LogP) is 1.50. The van der Waals surface area contributed by atoms with E-state index in [2.05, 4.69) is 17.4 Å². The van der Waals surface area contributed by atoms with Gasteiger partial charge in [0.15, 0.2) is 0 Å². The van der Waals surface area contributed by atoms with Crippen LogP contribution in [0.15, 0.2) is 18.2 Å². The minimum Gasteiger partial charge on any atom is -0.493 e. The highest BCUT2D eigenvalue weighted by Gasteiger charge is 2.17. The number of morpholine rings is 1. The Bertz CT molecular complexity index is 481. The third kappa shape index (κ3) is 3.38. The summed E-state index contributed by atoms with van der Waals surface area (Å²) in [6.07, 6.45) is 2.99. The van der Waals surface area contributed by atoms with Gasteiger partial charge in [0.1, 0.15) is 11.5 Å². The molecule has 108 valence electrons. The van der Waals surface area contributed by atoms with Crippen molar-refractivity contribution in [1.29, 1.82) is 0 Å². The van der Waals surface area contributed by atoms with Gasteiger partial charge in [0.05, 0.1) is 19.8 Å². The summed E-state index contributed by atoms with van der Waals surface area (Å²) < 4.78 is 10.9. The maximum atomic E-state index is 12.0. The standard InChI is InChI=1S/C16H21NO3/c18-15(10-14-11-19-8-6-17-14)3-1-12-2-4-16-13(9-12)5-7-20-16/h2,4,9,14,17H,1,3,5-8,10-11H2. The maximum absolute atomic E-state index is 12.0. The summed E-state index contributed by atoms with van der Waals surface area (Å²) in [4.78, 5) is 12.0. The molecular weight excluding hydrogens is 254 g/mol. The number of Topliss-reactive ketones (excluding diaryl/α,β-unsaturated/α-hetero) is 1. The van der Waals surface area contributed by atoms with Crippen molar-refractivity contribution in [2.24, 2.45) is 0 Å². The molecule has 3 rings (SSSR count). The molecule has 2 aliphatic heterocycles. The third-order valence-electron chi connectivity index (χ3n) is 3.92. The molecule has 0 radical (unpaired) electrons. The van der Waals surface area contributed by atoms with Gasteiger partial charge >= 0.3 is 0 Å². The van der Waals surface area contributed by atoms with Gasteiger partial charge in [-0.05, 0) is 23.6 Å². The molecule has 1 fully saturated rings. The summed E-state index contributed by atoms with van der Waals surface area (Å²) in [5, 5.41) is 3.32. The third-order valence-corrected chi connectivity index (χ3v) is 3.92. The number of ketones is 1. The summed E-state index contributed by atoms with van der Waals surface area (Å²) in [7, 11) is 0. The van der Waals surface area contributed by atoms with E-state index in [0.717, 1.165) is 38.3 Å². The van der Waals surface area contributed by atoms with Crippen LogP contribution in [-0.2, 0) is 22.4 Å². The van der Waals surface area contributed by atoms with Gasteiger partial charge in [-0.15, -0.1) is 0 Å². The largest absolute Gasteiger partial charge is 0.493 e. The Morgan fingerprint density at radius 3 is 3.15 bits per heavy atom. The van der Waals surface area contributed by atoms with Crippen molar-refractivity contribution in [3.63, 3.8) is 0 Å². The first-order chi connectivity index (χ1) is 9.81. The van der Waals surface area contributed by atoms with Crippen molar-refractivity contribution in [2.45, 2.75) is 31.7 Å². The fraction of sp³-hybridized carbons (Fsp3) is 0.562. The molecular formula is C16H21NO3. The highest BCUT2D eigenvalue weighted by molar-refractivity contribution is 5.79. The lowest BCUT2D eigenvalue weighted by atomic mass is 10.0. The first-order valence-corrected chi connectivity index (χ1v) is 7.39. The van der Waals surface area contributed by atoms with Gasteiger partial charge in [-0.3, -0.25) is 4.79 Å². The second-order valence-corrected chi connectivity index (χ2v) is 5.51. The van der Waals surface area contributed by atoms with Crippen LogP contribution < -0.4 is 10.1 Å². The number of hydrogen-bond donors (Lipinski definition) is 1. The van der Waals surface area contributed by atoms with E-state index in [4.69, 9.17) is 9.47 Å². The number of hydrogen-bond acceptors (Lipinski definition) is 4. The molecule has 0 saturated carbocycles. The molecule has 1 N–H and O–H groups in total. The summed E-state index contributed by atoms with van der Waals surface area (Å²) in [6.45, 7) is 3.04. The van der Waals surface area contributed by atoms with Crippen LogP contribution in [-0.4, -0.2) is 38.2 Å². The van der Waals surface area contributed by atoms with Gasteiger partial charge in [0.25, 0.3) is 0 Å². The molecule has 0 spiro atoms. The van der Waals surface area contributed by atoms with E-state index in [9.17, 15) is 4.79 Å². The zero-order valence-corrected chi connectivity index (χ0v) is 11.7. The first kappa shape index (κ1) is 13.6. The summed E-state index contributed by atoms with van der Waals surface area (Å²) in [5.74, 6) is 1.31. The maximum Gasteiger partial charge on any atom is 0.134 e. The molecule has 1 unspecified atom stereocenters. The smallest absolute Gasteiger partial charge is 0.134 e. The second-order valence-electron chi connectivity index (χ2n) is 5.51. The molecule has 2 aliphatic rings. The Morgan fingerprint density at radius 1 is 1.35 bits per heavy atom. The van der Waals surface area contributed by atoms with Crippen LogP contribution >= 0.6 is 0 Å². The Kier molecular flexibility index (Phi) is 4.33. The van der Waals surface area contributed by atoms with Crippen molar-refractivity contribution < 1.29 is 14.3 Å². The van der Waals surface area contributed by atoms with Crippen molar-refractivity contribution in [2.75, 3.05) is 26.4 Å². The van der Waals surface area contributed by atoms with Gasteiger partial charge in [-0.2, -0.15) is 0 Å². The molecule has 20 heavy (non-hydrogen) atoms. The highest BCUT2D eigenvalue weighted by Crippen LogP contribution is 2.26. The molecule has 0 amide bonds. The average Bonchev–Trinajstić information content (AvgIpc) is 2.93. The van der Waals surface area contributed by atoms with Crippen LogP contribution in [0.5, 0.6) is 5.75 Å². The van der Waals surface area contributed by atoms with Crippen LogP contribution in [0.1, 0.15) is 24.0 Å². The summed E-state index contributed by atoms with van der Waals surface area (Å²) in [5.41, 5.74) is 2.51. The van der Waals surface area contributed by atoms with Gasteiger partial charge in [-0.25, -0.2) is 0 Å². The molecule has 2 heterocycles. The van der Waals surface area contributed by atoms with E-state index in [1.165, 1.54) is 11.1 Å². The van der Waals surface area contributed by atoms with Crippen LogP contribution in [0.25, 0.3) is 0 Å². The number of carbonyl (C=O) groups excluding carboxylic acids is 1. The predicted molar refractivity (Wildman–Crippen MR) is 76.2 cm³/mol. The first-order valence-electron chi connectivity index (χ1n) is 7.39. The summed E-state index contributed by atoms with van der Waals surface area (Å²) in [6, 6.07) is 6.47. The molecule has 0 bridgehead atoms. The minimum atomic E-state index is 0.199. The topological polar surface area (TPSA) is 47.6 Å². The normalized spacial score (nSPS) is 21.3. The number of fused-ring (bicyclic) bond motifs is 1. The van der Waals surface area contributed by atoms with Gasteiger partial charge in [0, 0.05) is 31.8 Å². The number of ether oxygens (including phenoxy) is 2. The fourth-order valence-electron chi connectivity index (χ4n) is 2.81. The van der Waals surface area contributed by atoms with E-state index < -0.39 is 0 Å². The number of nitrogens with one attached hydrogen (secondary N) is 1. The quantitative estimate of drug-likeness (QED) is 0.884. The van der Waals surface area contributed by atoms with Gasteiger partial charge in [0.2, 0.25) is 0 Å². The molecule has 4 heteroatoms. The van der Waals surface area contributed by atoms with Crippen LogP contribution in [0, 0.1) is 0 Å². The average molecular weight is 275 g/mol. The Balaban J connectivity index is 1.47. The van der Waals surface area contributed by atoms with Crippen LogP contribution in [0.4, 0.5) is 0 Å². The lowest BCUT2D eigenvalue weighted by Gasteiger charge is -2.23. The van der Waals surface area contributed by atoms with E-state index in [-0.39, 0.29) is 6.04 Å². The van der Waals surface area contributed by atoms with Crippen molar-refractivity contribution in [3.8, 4) is 5.75 Å². The number of aryl methyl sites for hydroxylation is 1. The molecule has 0 aromatic heterocycles. The SMILES string of the molecule is O=C(CCc1ccc2c(c1)CCO2)CC1COCCN1. The zero-order chi connectivity index (χ0) is 13.8. The molecule has 1 aromatic carbocycles. The van der Waals surface area contributed by atoms with E-state index >= 15 is 0 Å². The fourth-order valence-corrected chi connectivity index (χ4v) is 2.81. The van der Waals surface area contributed by atoms with E-state index in [0.29, 0.717) is 25.2 Å².